The normalized spacial score (nSPS) is 18.0. The maximum Gasteiger partial charge on any atom is 0.337 e. The highest BCUT2D eigenvalue weighted by Crippen LogP contribution is 2.19. The zero-order valence-electron chi connectivity index (χ0n) is 15.8. The van der Waals surface area contributed by atoms with Gasteiger partial charge in [-0.25, -0.2) is 9.59 Å². The minimum Gasteiger partial charge on any atom is -0.497 e. The van der Waals surface area contributed by atoms with E-state index in [2.05, 4.69) is 27.7 Å². The molecule has 2 heterocycles. The molecule has 0 radical (unpaired) electrons. The van der Waals surface area contributed by atoms with Crippen LogP contribution in [-0.4, -0.2) is 65.0 Å². The fraction of sp³-hybridized carbons (Fsp3) is 0.474. The van der Waals surface area contributed by atoms with E-state index >= 15 is 0 Å². The number of esters is 1. The average Bonchev–Trinajstić information content (AvgIpc) is 2.69. The van der Waals surface area contributed by atoms with Crippen LogP contribution >= 0.6 is 0 Å². The van der Waals surface area contributed by atoms with Crippen molar-refractivity contribution in [2.75, 3.05) is 57.9 Å². The summed E-state index contributed by atoms with van der Waals surface area (Å²) in [5.74, 6) is 0.486. The molecule has 2 amide bonds. The molecule has 0 atom stereocenters. The van der Waals surface area contributed by atoms with E-state index in [1.807, 2.05) is 12.1 Å². The molecule has 3 N–H and O–H groups in total. The highest BCUT2D eigenvalue weighted by molar-refractivity contribution is 5.93. The monoisotopic (exact) mass is 375 g/mol. The zero-order chi connectivity index (χ0) is 19.2. The van der Waals surface area contributed by atoms with Gasteiger partial charge in [-0.15, -0.1) is 0 Å². The molecule has 0 aliphatic carbocycles. The third-order valence-electron chi connectivity index (χ3n) is 4.91. The number of ether oxygens (including phenoxy) is 2. The molecule has 1 aromatic carbocycles. The lowest BCUT2D eigenvalue weighted by Crippen LogP contribution is -3.15. The number of quaternary nitrogens is 1. The van der Waals surface area contributed by atoms with Gasteiger partial charge in [-0.1, -0.05) is 0 Å². The first-order valence-corrected chi connectivity index (χ1v) is 9.27. The van der Waals surface area contributed by atoms with Crippen LogP contribution in [0.5, 0.6) is 5.75 Å². The van der Waals surface area contributed by atoms with Crippen molar-refractivity contribution in [2.45, 2.75) is 6.92 Å². The molecule has 8 heteroatoms. The third-order valence-corrected chi connectivity index (χ3v) is 4.91. The first-order valence-electron chi connectivity index (χ1n) is 9.27. The molecular formula is C19H27N4O4+. The number of urea groups is 1. The van der Waals surface area contributed by atoms with Crippen molar-refractivity contribution in [1.82, 2.24) is 10.6 Å². The predicted octanol–water partition coefficient (Wildman–Crippen LogP) is -0.470. The van der Waals surface area contributed by atoms with Crippen molar-refractivity contribution in [3.8, 4) is 5.75 Å². The van der Waals surface area contributed by atoms with E-state index in [-0.39, 0.29) is 18.5 Å². The second-order valence-electron chi connectivity index (χ2n) is 6.60. The third kappa shape index (κ3) is 4.71. The largest absolute Gasteiger partial charge is 0.497 e. The number of methoxy groups -OCH3 is 1. The van der Waals surface area contributed by atoms with Crippen LogP contribution in [0.15, 0.2) is 35.5 Å². The van der Waals surface area contributed by atoms with Gasteiger partial charge in [0.15, 0.2) is 0 Å². The van der Waals surface area contributed by atoms with Crippen molar-refractivity contribution in [3.63, 3.8) is 0 Å². The molecule has 0 bridgehead atoms. The lowest BCUT2D eigenvalue weighted by atomic mass is 10.1. The number of hydrogen-bond acceptors (Lipinski definition) is 5. The van der Waals surface area contributed by atoms with Crippen LogP contribution in [0.2, 0.25) is 0 Å². The number of piperazine rings is 1. The van der Waals surface area contributed by atoms with E-state index in [9.17, 15) is 9.59 Å². The quantitative estimate of drug-likeness (QED) is 0.586. The first-order chi connectivity index (χ1) is 13.1. The van der Waals surface area contributed by atoms with Gasteiger partial charge < -0.3 is 29.9 Å². The minimum atomic E-state index is -0.365. The molecule has 0 unspecified atom stereocenters. The highest BCUT2D eigenvalue weighted by Gasteiger charge is 2.28. The maximum atomic E-state index is 12.1. The topological polar surface area (TPSA) is 84.3 Å². The number of benzene rings is 1. The minimum absolute atomic E-state index is 0.214. The van der Waals surface area contributed by atoms with E-state index < -0.39 is 0 Å². The number of rotatable bonds is 6. The maximum absolute atomic E-state index is 12.1. The van der Waals surface area contributed by atoms with Crippen LogP contribution in [0.3, 0.4) is 0 Å². The van der Waals surface area contributed by atoms with Crippen molar-refractivity contribution < 1.29 is 24.0 Å². The Labute approximate surface area is 159 Å². The standard InChI is InChI=1S/C19H26N4O4/c1-3-27-18(24)16-12-20-19(25)21-17(16)13-22-8-10-23(11-9-22)14-4-6-15(26-2)7-5-14/h4-7H,3,8-13H2,1-2H3,(H2,20,21,25)/p+1. The van der Waals surface area contributed by atoms with Crippen LogP contribution in [-0.2, 0) is 9.53 Å². The zero-order valence-corrected chi connectivity index (χ0v) is 15.8. The number of nitrogens with one attached hydrogen (secondary N) is 3. The number of nitrogens with zero attached hydrogens (tertiary/aromatic N) is 1. The van der Waals surface area contributed by atoms with Gasteiger partial charge in [-0.05, 0) is 31.2 Å². The van der Waals surface area contributed by atoms with Crippen LogP contribution in [0.4, 0.5) is 10.5 Å². The molecular weight excluding hydrogens is 348 g/mol. The summed E-state index contributed by atoms with van der Waals surface area (Å²) in [6, 6.07) is 7.80. The number of carbonyl (C=O) groups excluding carboxylic acids is 2. The molecule has 2 aliphatic rings. The number of amides is 2. The summed E-state index contributed by atoms with van der Waals surface area (Å²) in [6.45, 7) is 6.59. The van der Waals surface area contributed by atoms with Crippen LogP contribution in [0.1, 0.15) is 6.92 Å². The van der Waals surface area contributed by atoms with Crippen molar-refractivity contribution in [3.05, 3.63) is 35.5 Å². The highest BCUT2D eigenvalue weighted by atomic mass is 16.5. The molecule has 1 aromatic rings. The summed E-state index contributed by atoms with van der Waals surface area (Å²) in [4.78, 5) is 27.5. The Balaban J connectivity index is 1.61. The predicted molar refractivity (Wildman–Crippen MR) is 101 cm³/mol. The molecule has 2 aliphatic heterocycles. The van der Waals surface area contributed by atoms with E-state index in [1.165, 1.54) is 10.6 Å². The van der Waals surface area contributed by atoms with Gasteiger partial charge >= 0.3 is 12.0 Å². The number of anilines is 1. The SMILES string of the molecule is CCOC(=O)C1=C(C[NH+]2CCN(c3ccc(OC)cc3)CC2)NC(=O)NC1. The Morgan fingerprint density at radius 1 is 1.22 bits per heavy atom. The van der Waals surface area contributed by atoms with Gasteiger partial charge in [0, 0.05) is 5.69 Å². The Bertz CT molecular complexity index is 709. The number of carbonyl (C=O) groups is 2. The lowest BCUT2D eigenvalue weighted by Gasteiger charge is -2.34. The summed E-state index contributed by atoms with van der Waals surface area (Å²) in [6.07, 6.45) is 0. The molecule has 27 heavy (non-hydrogen) atoms. The van der Waals surface area contributed by atoms with Crippen LogP contribution < -0.4 is 25.2 Å². The Morgan fingerprint density at radius 3 is 2.56 bits per heavy atom. The summed E-state index contributed by atoms with van der Waals surface area (Å²) in [5, 5.41) is 5.43. The molecule has 0 spiro atoms. The summed E-state index contributed by atoms with van der Waals surface area (Å²) < 4.78 is 10.3. The summed E-state index contributed by atoms with van der Waals surface area (Å²) >= 11 is 0. The Kier molecular flexibility index (Phi) is 6.18. The fourth-order valence-electron chi connectivity index (χ4n) is 3.40. The van der Waals surface area contributed by atoms with Gasteiger partial charge in [0.05, 0.1) is 57.7 Å². The molecule has 1 saturated heterocycles. The fourth-order valence-corrected chi connectivity index (χ4v) is 3.40. The molecule has 3 rings (SSSR count). The summed E-state index contributed by atoms with van der Waals surface area (Å²) in [7, 11) is 1.66. The van der Waals surface area contributed by atoms with Gasteiger partial charge in [-0.3, -0.25) is 0 Å². The molecule has 146 valence electrons. The average molecular weight is 375 g/mol. The van der Waals surface area contributed by atoms with Gasteiger partial charge in [0.25, 0.3) is 0 Å². The van der Waals surface area contributed by atoms with Crippen molar-refractivity contribution in [1.29, 1.82) is 0 Å². The van der Waals surface area contributed by atoms with Crippen molar-refractivity contribution >= 4 is 17.7 Å². The number of hydrogen-bond donors (Lipinski definition) is 3. The van der Waals surface area contributed by atoms with Crippen LogP contribution in [0, 0.1) is 0 Å². The Hall–Kier alpha value is -2.74. The second-order valence-corrected chi connectivity index (χ2v) is 6.60. The molecule has 0 aromatic heterocycles. The van der Waals surface area contributed by atoms with Gasteiger partial charge in [-0.2, -0.15) is 0 Å². The van der Waals surface area contributed by atoms with E-state index in [0.29, 0.717) is 24.4 Å². The van der Waals surface area contributed by atoms with E-state index in [1.54, 1.807) is 14.0 Å². The second kappa shape index (κ2) is 8.77. The lowest BCUT2D eigenvalue weighted by molar-refractivity contribution is -0.896. The Morgan fingerprint density at radius 2 is 1.93 bits per heavy atom. The molecule has 0 saturated carbocycles. The van der Waals surface area contributed by atoms with Crippen molar-refractivity contribution in [2.24, 2.45) is 0 Å². The van der Waals surface area contributed by atoms with E-state index in [4.69, 9.17) is 9.47 Å². The molecule has 1 fully saturated rings. The first kappa shape index (κ1) is 19.0. The van der Waals surface area contributed by atoms with E-state index in [0.717, 1.165) is 31.9 Å². The molecule has 8 nitrogen and oxygen atoms in total. The van der Waals surface area contributed by atoms with Gasteiger partial charge in [0.2, 0.25) is 0 Å². The summed E-state index contributed by atoms with van der Waals surface area (Å²) in [5.41, 5.74) is 2.36. The van der Waals surface area contributed by atoms with Gasteiger partial charge in [0.1, 0.15) is 12.3 Å². The van der Waals surface area contributed by atoms with Crippen LogP contribution in [0.25, 0.3) is 0 Å². The smallest absolute Gasteiger partial charge is 0.337 e.